The van der Waals surface area contributed by atoms with Gasteiger partial charge in [-0.2, -0.15) is 0 Å². The Morgan fingerprint density at radius 3 is 3.13 bits per heavy atom. The van der Waals surface area contributed by atoms with Gasteiger partial charge in [0.25, 0.3) is 0 Å². The van der Waals surface area contributed by atoms with Gasteiger partial charge in [-0.25, -0.2) is 0 Å². The van der Waals surface area contributed by atoms with E-state index in [0.717, 1.165) is 26.2 Å². The van der Waals surface area contributed by atoms with E-state index in [-0.39, 0.29) is 0 Å². The van der Waals surface area contributed by atoms with Crippen molar-refractivity contribution in [1.82, 2.24) is 5.32 Å². The molecule has 1 aliphatic rings. The minimum absolute atomic E-state index is 0.633. The molecule has 0 aromatic carbocycles. The second-order valence-corrected chi connectivity index (χ2v) is 6.37. The van der Waals surface area contributed by atoms with Crippen molar-refractivity contribution in [2.24, 2.45) is 0 Å². The van der Waals surface area contributed by atoms with E-state index in [1.807, 2.05) is 0 Å². The molecule has 1 aliphatic heterocycles. The number of thiophene rings is 1. The van der Waals surface area contributed by atoms with Gasteiger partial charge in [0.05, 0.1) is 3.79 Å². The largest absolute Gasteiger partial charge is 0.381 e. The molecule has 0 saturated carbocycles. The second-order valence-electron chi connectivity index (χ2n) is 3.83. The molecule has 84 valence electrons. The molecule has 1 atom stereocenters. The summed E-state index contributed by atoms with van der Waals surface area (Å²) in [7, 11) is 0. The summed E-state index contributed by atoms with van der Waals surface area (Å²) in [5, 5.41) is 3.60. The maximum Gasteiger partial charge on any atom is 0.0701 e. The van der Waals surface area contributed by atoms with Gasteiger partial charge >= 0.3 is 0 Å². The summed E-state index contributed by atoms with van der Waals surface area (Å²) in [6.45, 7) is 2.83. The summed E-state index contributed by atoms with van der Waals surface area (Å²) in [5.74, 6) is 0. The summed E-state index contributed by atoms with van der Waals surface area (Å²) in [4.78, 5) is 1.40. The number of rotatable bonds is 3. The van der Waals surface area contributed by atoms with Gasteiger partial charge in [0.2, 0.25) is 0 Å². The Labute approximate surface area is 103 Å². The zero-order valence-corrected chi connectivity index (χ0v) is 11.1. The van der Waals surface area contributed by atoms with Crippen LogP contribution in [0.5, 0.6) is 0 Å². The molecule has 15 heavy (non-hydrogen) atoms. The van der Waals surface area contributed by atoms with E-state index in [4.69, 9.17) is 4.74 Å². The maximum absolute atomic E-state index is 5.44. The Morgan fingerprint density at radius 2 is 2.33 bits per heavy atom. The third-order valence-electron chi connectivity index (χ3n) is 2.65. The number of halogens is 1. The average molecular weight is 290 g/mol. The predicted molar refractivity (Wildman–Crippen MR) is 67.3 cm³/mol. The monoisotopic (exact) mass is 289 g/mol. The van der Waals surface area contributed by atoms with Crippen molar-refractivity contribution in [2.75, 3.05) is 13.2 Å². The third kappa shape index (κ3) is 3.87. The molecule has 4 heteroatoms. The minimum atomic E-state index is 0.633. The molecule has 2 rings (SSSR count). The van der Waals surface area contributed by atoms with Crippen LogP contribution in [-0.4, -0.2) is 19.3 Å². The molecule has 1 fully saturated rings. The van der Waals surface area contributed by atoms with E-state index in [1.54, 1.807) is 11.3 Å². The highest BCUT2D eigenvalue weighted by Crippen LogP contribution is 2.22. The molecule has 1 N–H and O–H groups in total. The maximum atomic E-state index is 5.44. The lowest BCUT2D eigenvalue weighted by molar-refractivity contribution is 0.142. The molecule has 0 radical (unpaired) electrons. The lowest BCUT2D eigenvalue weighted by atomic mass is 10.1. The van der Waals surface area contributed by atoms with Crippen molar-refractivity contribution in [2.45, 2.75) is 31.8 Å². The number of hydrogen-bond donors (Lipinski definition) is 1. The molecule has 2 heterocycles. The van der Waals surface area contributed by atoms with Gasteiger partial charge in [0.1, 0.15) is 0 Å². The first-order valence-corrected chi connectivity index (χ1v) is 7.01. The summed E-state index contributed by atoms with van der Waals surface area (Å²) in [5.41, 5.74) is 0. The highest BCUT2D eigenvalue weighted by atomic mass is 79.9. The zero-order chi connectivity index (χ0) is 10.5. The third-order valence-corrected chi connectivity index (χ3v) is 4.27. The van der Waals surface area contributed by atoms with Crippen LogP contribution >= 0.6 is 27.3 Å². The topological polar surface area (TPSA) is 21.3 Å². The van der Waals surface area contributed by atoms with Crippen LogP contribution in [0.3, 0.4) is 0 Å². The van der Waals surface area contributed by atoms with Gasteiger partial charge in [-0.05, 0) is 47.3 Å². The van der Waals surface area contributed by atoms with E-state index in [0.29, 0.717) is 6.04 Å². The summed E-state index contributed by atoms with van der Waals surface area (Å²) < 4.78 is 6.65. The number of hydrogen-bond acceptors (Lipinski definition) is 3. The smallest absolute Gasteiger partial charge is 0.0701 e. The van der Waals surface area contributed by atoms with E-state index in [1.165, 1.54) is 21.5 Å². The summed E-state index contributed by atoms with van der Waals surface area (Å²) in [6, 6.07) is 4.92. The molecule has 0 spiro atoms. The van der Waals surface area contributed by atoms with Crippen molar-refractivity contribution >= 4 is 27.3 Å². The Balaban J connectivity index is 1.76. The predicted octanol–water partition coefficient (Wildman–Crippen LogP) is 3.17. The zero-order valence-electron chi connectivity index (χ0n) is 8.67. The molecule has 0 aliphatic carbocycles. The average Bonchev–Trinajstić information content (AvgIpc) is 2.52. The molecule has 0 bridgehead atoms. The van der Waals surface area contributed by atoms with Crippen molar-refractivity contribution in [3.8, 4) is 0 Å². The van der Waals surface area contributed by atoms with Crippen LogP contribution in [-0.2, 0) is 11.3 Å². The van der Waals surface area contributed by atoms with Crippen LogP contribution in [0.4, 0.5) is 0 Å². The standard InChI is InChI=1S/C11H16BrNOS/c12-11-4-3-10(15-11)8-13-9-2-1-6-14-7-5-9/h3-4,9,13H,1-2,5-8H2. The van der Waals surface area contributed by atoms with Gasteiger partial charge in [-0.3, -0.25) is 0 Å². The number of ether oxygens (including phenoxy) is 1. The van der Waals surface area contributed by atoms with Gasteiger partial charge in [0, 0.05) is 30.7 Å². The molecule has 1 aromatic rings. The highest BCUT2D eigenvalue weighted by molar-refractivity contribution is 9.11. The molecule has 1 unspecified atom stereocenters. The van der Waals surface area contributed by atoms with Crippen LogP contribution in [0.1, 0.15) is 24.1 Å². The summed E-state index contributed by atoms with van der Waals surface area (Å²) >= 11 is 5.29. The van der Waals surface area contributed by atoms with E-state index in [9.17, 15) is 0 Å². The Bertz CT molecular complexity index is 295. The van der Waals surface area contributed by atoms with Crippen molar-refractivity contribution < 1.29 is 4.74 Å². The SMILES string of the molecule is Brc1ccc(CNC2CCCOCC2)s1. The van der Waals surface area contributed by atoms with E-state index >= 15 is 0 Å². The number of nitrogens with one attached hydrogen (secondary N) is 1. The molecule has 2 nitrogen and oxygen atoms in total. The molecular formula is C11H16BrNOS. The quantitative estimate of drug-likeness (QED) is 0.923. The Morgan fingerprint density at radius 1 is 1.40 bits per heavy atom. The summed E-state index contributed by atoms with van der Waals surface area (Å²) in [6.07, 6.45) is 3.57. The molecular weight excluding hydrogens is 274 g/mol. The van der Waals surface area contributed by atoms with Gasteiger partial charge in [-0.1, -0.05) is 0 Å². The fraction of sp³-hybridized carbons (Fsp3) is 0.636. The second kappa shape index (κ2) is 5.99. The minimum Gasteiger partial charge on any atom is -0.381 e. The van der Waals surface area contributed by atoms with E-state index < -0.39 is 0 Å². The van der Waals surface area contributed by atoms with Crippen molar-refractivity contribution in [3.63, 3.8) is 0 Å². The lowest BCUT2D eigenvalue weighted by Crippen LogP contribution is -2.28. The van der Waals surface area contributed by atoms with Crippen LogP contribution in [0.2, 0.25) is 0 Å². The van der Waals surface area contributed by atoms with Crippen LogP contribution in [0.15, 0.2) is 15.9 Å². The molecule has 1 aromatic heterocycles. The first-order chi connectivity index (χ1) is 7.34. The van der Waals surface area contributed by atoms with Gasteiger partial charge in [0.15, 0.2) is 0 Å². The molecule has 1 saturated heterocycles. The van der Waals surface area contributed by atoms with Crippen LogP contribution < -0.4 is 5.32 Å². The van der Waals surface area contributed by atoms with E-state index in [2.05, 4.69) is 33.4 Å². The first-order valence-electron chi connectivity index (χ1n) is 5.40. The van der Waals surface area contributed by atoms with Crippen LogP contribution in [0.25, 0.3) is 0 Å². The van der Waals surface area contributed by atoms with Gasteiger partial charge in [-0.15, -0.1) is 11.3 Å². The Kier molecular flexibility index (Phi) is 4.62. The van der Waals surface area contributed by atoms with Crippen molar-refractivity contribution in [1.29, 1.82) is 0 Å². The fourth-order valence-corrected chi connectivity index (χ4v) is 3.23. The normalized spacial score (nSPS) is 22.6. The van der Waals surface area contributed by atoms with Gasteiger partial charge < -0.3 is 10.1 Å². The van der Waals surface area contributed by atoms with Crippen molar-refractivity contribution in [3.05, 3.63) is 20.8 Å². The lowest BCUT2D eigenvalue weighted by Gasteiger charge is -2.14. The Hall–Kier alpha value is 0.1000. The first kappa shape index (κ1) is 11.6. The molecule has 0 amide bonds. The van der Waals surface area contributed by atoms with Crippen LogP contribution in [0, 0.1) is 0 Å². The fourth-order valence-electron chi connectivity index (χ4n) is 1.80. The highest BCUT2D eigenvalue weighted by Gasteiger charge is 2.11.